The van der Waals surface area contributed by atoms with Gasteiger partial charge in [0.05, 0.1) is 30.0 Å². The highest BCUT2D eigenvalue weighted by Crippen LogP contribution is 2.13. The fourth-order valence-corrected chi connectivity index (χ4v) is 1.57. The summed E-state index contributed by atoms with van der Waals surface area (Å²) < 4.78 is 2.00. The number of rotatable bonds is 3. The van der Waals surface area contributed by atoms with Crippen molar-refractivity contribution in [1.82, 2.24) is 9.55 Å². The first-order chi connectivity index (χ1) is 7.18. The van der Waals surface area contributed by atoms with Crippen LogP contribution in [0.4, 0.5) is 0 Å². The maximum absolute atomic E-state index is 9.81. The third-order valence-electron chi connectivity index (χ3n) is 2.68. The minimum Gasteiger partial charge on any atom is -0.391 e. The quantitative estimate of drug-likeness (QED) is 0.831. The second kappa shape index (κ2) is 4.03. The number of nitrogens with zero attached hydrogens (tertiary/aromatic N) is 2. The molecule has 0 radical (unpaired) electrons. The van der Waals surface area contributed by atoms with E-state index in [1.165, 1.54) is 0 Å². The van der Waals surface area contributed by atoms with E-state index in [4.69, 9.17) is 0 Å². The number of aromatic nitrogens is 2. The highest BCUT2D eigenvalue weighted by molar-refractivity contribution is 5.74. The number of fused-ring (bicyclic) bond motifs is 1. The van der Waals surface area contributed by atoms with Crippen LogP contribution in [0.3, 0.4) is 0 Å². The molecule has 0 spiro atoms. The molecule has 1 atom stereocenters. The van der Waals surface area contributed by atoms with Crippen molar-refractivity contribution < 1.29 is 5.11 Å². The van der Waals surface area contributed by atoms with Gasteiger partial charge in [-0.15, -0.1) is 0 Å². The Morgan fingerprint density at radius 3 is 2.80 bits per heavy atom. The molecule has 0 bridgehead atoms. The lowest BCUT2D eigenvalue weighted by Crippen LogP contribution is -2.21. The Morgan fingerprint density at radius 2 is 2.07 bits per heavy atom. The van der Waals surface area contributed by atoms with Crippen molar-refractivity contribution >= 4 is 11.0 Å². The summed E-state index contributed by atoms with van der Waals surface area (Å²) in [5, 5.41) is 9.81. The number of aliphatic hydroxyl groups excluding tert-OH is 1. The minimum atomic E-state index is -0.317. The standard InChI is InChI=1S/C12H16N2O/c1-9(2)12(15)7-14-8-13-10-5-3-4-6-11(10)14/h3-6,8-9,12,15H,7H2,1-2H3. The highest BCUT2D eigenvalue weighted by atomic mass is 16.3. The van der Waals surface area contributed by atoms with E-state index in [9.17, 15) is 5.11 Å². The maximum atomic E-state index is 9.81. The zero-order valence-electron chi connectivity index (χ0n) is 9.09. The van der Waals surface area contributed by atoms with Crippen molar-refractivity contribution in [2.75, 3.05) is 0 Å². The van der Waals surface area contributed by atoms with Gasteiger partial charge in [-0.25, -0.2) is 4.98 Å². The smallest absolute Gasteiger partial charge is 0.0959 e. The first-order valence-electron chi connectivity index (χ1n) is 5.26. The average Bonchev–Trinajstić information content (AvgIpc) is 2.62. The lowest BCUT2D eigenvalue weighted by atomic mass is 10.1. The van der Waals surface area contributed by atoms with Crippen molar-refractivity contribution in [2.45, 2.75) is 26.5 Å². The fraction of sp³-hybridized carbons (Fsp3) is 0.417. The largest absolute Gasteiger partial charge is 0.391 e. The van der Waals surface area contributed by atoms with Gasteiger partial charge in [0.25, 0.3) is 0 Å². The van der Waals surface area contributed by atoms with E-state index in [1.54, 1.807) is 6.33 Å². The van der Waals surface area contributed by atoms with Gasteiger partial charge in [0.15, 0.2) is 0 Å². The van der Waals surface area contributed by atoms with Crippen LogP contribution in [0, 0.1) is 5.92 Å². The molecular formula is C12H16N2O. The number of para-hydroxylation sites is 2. The Balaban J connectivity index is 2.29. The zero-order chi connectivity index (χ0) is 10.8. The Bertz CT molecular complexity index is 448. The molecule has 1 aromatic heterocycles. The summed E-state index contributed by atoms with van der Waals surface area (Å²) in [6.07, 6.45) is 1.47. The average molecular weight is 204 g/mol. The van der Waals surface area contributed by atoms with Gasteiger partial charge in [0.2, 0.25) is 0 Å². The third kappa shape index (κ3) is 2.02. The summed E-state index contributed by atoms with van der Waals surface area (Å²) in [6.45, 7) is 4.64. The summed E-state index contributed by atoms with van der Waals surface area (Å²) in [5.41, 5.74) is 2.06. The van der Waals surface area contributed by atoms with E-state index in [-0.39, 0.29) is 12.0 Å². The number of imidazole rings is 1. The molecule has 0 aliphatic carbocycles. The van der Waals surface area contributed by atoms with E-state index in [0.29, 0.717) is 6.54 Å². The fourth-order valence-electron chi connectivity index (χ4n) is 1.57. The Morgan fingerprint density at radius 1 is 1.33 bits per heavy atom. The van der Waals surface area contributed by atoms with E-state index in [0.717, 1.165) is 11.0 Å². The first kappa shape index (κ1) is 10.2. The van der Waals surface area contributed by atoms with Crippen molar-refractivity contribution in [2.24, 2.45) is 5.92 Å². The van der Waals surface area contributed by atoms with Crippen LogP contribution in [0.15, 0.2) is 30.6 Å². The van der Waals surface area contributed by atoms with Gasteiger partial charge in [-0.2, -0.15) is 0 Å². The van der Waals surface area contributed by atoms with Crippen molar-refractivity contribution in [1.29, 1.82) is 0 Å². The van der Waals surface area contributed by atoms with Crippen molar-refractivity contribution in [3.05, 3.63) is 30.6 Å². The normalized spacial score (nSPS) is 13.6. The molecule has 1 N–H and O–H groups in total. The molecular weight excluding hydrogens is 188 g/mol. The first-order valence-corrected chi connectivity index (χ1v) is 5.26. The Kier molecular flexibility index (Phi) is 2.73. The van der Waals surface area contributed by atoms with E-state index in [2.05, 4.69) is 4.98 Å². The summed E-state index contributed by atoms with van der Waals surface area (Å²) in [7, 11) is 0. The number of hydrogen-bond donors (Lipinski definition) is 1. The summed E-state index contributed by atoms with van der Waals surface area (Å²) >= 11 is 0. The Labute approximate surface area is 89.4 Å². The van der Waals surface area contributed by atoms with Crippen molar-refractivity contribution in [3.8, 4) is 0 Å². The van der Waals surface area contributed by atoms with Gasteiger partial charge in [-0.1, -0.05) is 26.0 Å². The number of benzene rings is 1. The van der Waals surface area contributed by atoms with Crippen LogP contribution >= 0.6 is 0 Å². The number of aliphatic hydroxyl groups is 1. The van der Waals surface area contributed by atoms with Gasteiger partial charge < -0.3 is 9.67 Å². The molecule has 15 heavy (non-hydrogen) atoms. The molecule has 0 fully saturated rings. The van der Waals surface area contributed by atoms with Gasteiger partial charge >= 0.3 is 0 Å². The lowest BCUT2D eigenvalue weighted by Gasteiger charge is -2.15. The number of hydrogen-bond acceptors (Lipinski definition) is 2. The zero-order valence-corrected chi connectivity index (χ0v) is 9.09. The van der Waals surface area contributed by atoms with E-state index in [1.807, 2.05) is 42.7 Å². The molecule has 0 aliphatic rings. The monoisotopic (exact) mass is 204 g/mol. The van der Waals surface area contributed by atoms with Crippen LogP contribution in [0.2, 0.25) is 0 Å². The molecule has 0 aliphatic heterocycles. The predicted molar refractivity (Wildman–Crippen MR) is 60.6 cm³/mol. The minimum absolute atomic E-state index is 0.270. The predicted octanol–water partition coefficient (Wildman–Crippen LogP) is 2.05. The van der Waals surface area contributed by atoms with Crippen LogP contribution in [-0.2, 0) is 6.54 Å². The van der Waals surface area contributed by atoms with E-state index >= 15 is 0 Å². The summed E-state index contributed by atoms with van der Waals surface area (Å²) in [6, 6.07) is 7.96. The van der Waals surface area contributed by atoms with Crippen LogP contribution in [0.1, 0.15) is 13.8 Å². The topological polar surface area (TPSA) is 38.0 Å². The molecule has 80 valence electrons. The molecule has 0 amide bonds. The Hall–Kier alpha value is -1.35. The molecule has 3 heteroatoms. The molecule has 1 aromatic carbocycles. The second-order valence-electron chi connectivity index (χ2n) is 4.20. The van der Waals surface area contributed by atoms with Crippen LogP contribution in [-0.4, -0.2) is 20.8 Å². The highest BCUT2D eigenvalue weighted by Gasteiger charge is 2.11. The summed E-state index contributed by atoms with van der Waals surface area (Å²) in [4.78, 5) is 4.28. The van der Waals surface area contributed by atoms with Gasteiger partial charge in [0, 0.05) is 0 Å². The molecule has 1 heterocycles. The molecule has 0 saturated carbocycles. The van der Waals surface area contributed by atoms with Gasteiger partial charge in [0.1, 0.15) is 0 Å². The second-order valence-corrected chi connectivity index (χ2v) is 4.20. The third-order valence-corrected chi connectivity index (χ3v) is 2.68. The lowest BCUT2D eigenvalue weighted by molar-refractivity contribution is 0.108. The summed E-state index contributed by atoms with van der Waals surface area (Å²) in [5.74, 6) is 0.270. The van der Waals surface area contributed by atoms with Crippen LogP contribution in [0.5, 0.6) is 0 Å². The molecule has 3 nitrogen and oxygen atoms in total. The molecule has 2 rings (SSSR count). The maximum Gasteiger partial charge on any atom is 0.0959 e. The molecule has 2 aromatic rings. The van der Waals surface area contributed by atoms with Crippen molar-refractivity contribution in [3.63, 3.8) is 0 Å². The van der Waals surface area contributed by atoms with Crippen LogP contribution in [0.25, 0.3) is 11.0 Å². The molecule has 1 unspecified atom stereocenters. The van der Waals surface area contributed by atoms with Crippen LogP contribution < -0.4 is 0 Å². The van der Waals surface area contributed by atoms with Gasteiger partial charge in [-0.3, -0.25) is 0 Å². The van der Waals surface area contributed by atoms with E-state index < -0.39 is 0 Å². The SMILES string of the molecule is CC(C)C(O)Cn1cnc2ccccc21. The van der Waals surface area contributed by atoms with Gasteiger partial charge in [-0.05, 0) is 18.1 Å². The molecule has 0 saturated heterocycles.